The Hall–Kier alpha value is -1.75. The van der Waals surface area contributed by atoms with Crippen molar-refractivity contribution in [3.8, 4) is 11.5 Å². The van der Waals surface area contributed by atoms with E-state index in [2.05, 4.69) is 10.1 Å². The lowest BCUT2D eigenvalue weighted by atomic mass is 10.2. The molecule has 0 aliphatic rings. The first-order chi connectivity index (χ1) is 9.21. The molecule has 1 rings (SSSR count). The van der Waals surface area contributed by atoms with Gasteiger partial charge in [0, 0.05) is 18.2 Å². The van der Waals surface area contributed by atoms with Crippen LogP contribution in [0.1, 0.15) is 18.9 Å². The summed E-state index contributed by atoms with van der Waals surface area (Å²) in [5.41, 5.74) is 1.03. The van der Waals surface area contributed by atoms with E-state index in [1.54, 1.807) is 7.11 Å². The molecule has 0 bridgehead atoms. The molecule has 0 radical (unpaired) electrons. The van der Waals surface area contributed by atoms with Gasteiger partial charge in [0.05, 0.1) is 27.2 Å². The number of nitrogens with one attached hydrogen (secondary N) is 1. The van der Waals surface area contributed by atoms with Crippen LogP contribution in [0.25, 0.3) is 0 Å². The maximum Gasteiger partial charge on any atom is 0.308 e. The highest BCUT2D eigenvalue weighted by Gasteiger charge is 2.07. The van der Waals surface area contributed by atoms with E-state index in [1.807, 2.05) is 25.1 Å². The van der Waals surface area contributed by atoms with Crippen molar-refractivity contribution in [3.05, 3.63) is 23.8 Å². The SMILES string of the molecule is CCNCc1ccc(OC)cc1OCCC(=O)OC. The van der Waals surface area contributed by atoms with E-state index in [0.717, 1.165) is 23.6 Å². The van der Waals surface area contributed by atoms with E-state index in [9.17, 15) is 4.79 Å². The Balaban J connectivity index is 2.67. The van der Waals surface area contributed by atoms with Crippen LogP contribution in [0, 0.1) is 0 Å². The monoisotopic (exact) mass is 267 g/mol. The number of ether oxygens (including phenoxy) is 3. The number of esters is 1. The summed E-state index contributed by atoms with van der Waals surface area (Å²) in [4.78, 5) is 11.0. The number of rotatable bonds is 8. The van der Waals surface area contributed by atoms with Crippen molar-refractivity contribution < 1.29 is 19.0 Å². The van der Waals surface area contributed by atoms with Gasteiger partial charge in [-0.15, -0.1) is 0 Å². The minimum absolute atomic E-state index is 0.231. The molecule has 0 aliphatic carbocycles. The molecule has 0 amide bonds. The second-order valence-corrected chi connectivity index (χ2v) is 3.93. The lowest BCUT2D eigenvalue weighted by molar-refractivity contribution is -0.141. The van der Waals surface area contributed by atoms with E-state index in [1.165, 1.54) is 7.11 Å². The summed E-state index contributed by atoms with van der Waals surface area (Å²) in [6.45, 7) is 3.93. The molecule has 5 nitrogen and oxygen atoms in total. The van der Waals surface area contributed by atoms with Gasteiger partial charge in [0.15, 0.2) is 0 Å². The molecule has 0 unspecified atom stereocenters. The quantitative estimate of drug-likeness (QED) is 0.727. The molecule has 0 aromatic heterocycles. The smallest absolute Gasteiger partial charge is 0.308 e. The van der Waals surface area contributed by atoms with Crippen molar-refractivity contribution in [2.24, 2.45) is 0 Å². The van der Waals surface area contributed by atoms with E-state index in [4.69, 9.17) is 9.47 Å². The number of carbonyl (C=O) groups excluding carboxylic acids is 1. The van der Waals surface area contributed by atoms with Gasteiger partial charge < -0.3 is 19.5 Å². The van der Waals surface area contributed by atoms with Crippen LogP contribution in [0.2, 0.25) is 0 Å². The molecule has 19 heavy (non-hydrogen) atoms. The second kappa shape index (κ2) is 8.37. The minimum Gasteiger partial charge on any atom is -0.497 e. The number of hydrogen-bond donors (Lipinski definition) is 1. The van der Waals surface area contributed by atoms with Gasteiger partial charge in [-0.25, -0.2) is 0 Å². The minimum atomic E-state index is -0.281. The van der Waals surface area contributed by atoms with Crippen molar-refractivity contribution in [2.45, 2.75) is 19.9 Å². The fourth-order valence-corrected chi connectivity index (χ4v) is 1.55. The molecule has 1 aromatic rings. The van der Waals surface area contributed by atoms with Crippen molar-refractivity contribution in [1.82, 2.24) is 5.32 Å². The Morgan fingerprint density at radius 2 is 2.11 bits per heavy atom. The third kappa shape index (κ3) is 5.18. The number of methoxy groups -OCH3 is 2. The Bertz CT molecular complexity index is 406. The Kier molecular flexibility index (Phi) is 6.74. The fourth-order valence-electron chi connectivity index (χ4n) is 1.55. The highest BCUT2D eigenvalue weighted by atomic mass is 16.5. The van der Waals surface area contributed by atoms with Crippen molar-refractivity contribution >= 4 is 5.97 Å². The fraction of sp³-hybridized carbons (Fsp3) is 0.500. The van der Waals surface area contributed by atoms with Crippen LogP contribution in [-0.4, -0.2) is 33.3 Å². The molecule has 0 aliphatic heterocycles. The molecule has 5 heteroatoms. The summed E-state index contributed by atoms with van der Waals surface area (Å²) < 4.78 is 15.4. The van der Waals surface area contributed by atoms with Crippen molar-refractivity contribution in [3.63, 3.8) is 0 Å². The van der Waals surface area contributed by atoms with Gasteiger partial charge in [-0.2, -0.15) is 0 Å². The van der Waals surface area contributed by atoms with E-state index in [0.29, 0.717) is 13.2 Å². The number of hydrogen-bond acceptors (Lipinski definition) is 5. The summed E-state index contributed by atoms with van der Waals surface area (Å²) in [5, 5.41) is 3.24. The van der Waals surface area contributed by atoms with Gasteiger partial charge in [-0.05, 0) is 12.6 Å². The predicted octanol–water partition coefficient (Wildman–Crippen LogP) is 1.75. The van der Waals surface area contributed by atoms with Gasteiger partial charge in [0.1, 0.15) is 11.5 Å². The average Bonchev–Trinajstić information content (AvgIpc) is 2.45. The van der Waals surface area contributed by atoms with Gasteiger partial charge in [0.2, 0.25) is 0 Å². The van der Waals surface area contributed by atoms with Crippen LogP contribution in [-0.2, 0) is 16.1 Å². The second-order valence-electron chi connectivity index (χ2n) is 3.93. The van der Waals surface area contributed by atoms with E-state index in [-0.39, 0.29) is 12.4 Å². The standard InChI is InChI=1S/C14H21NO4/c1-4-15-10-11-5-6-12(17-2)9-13(11)19-8-7-14(16)18-3/h5-6,9,15H,4,7-8,10H2,1-3H3. The zero-order chi connectivity index (χ0) is 14.1. The van der Waals surface area contributed by atoms with Gasteiger partial charge >= 0.3 is 5.97 Å². The largest absolute Gasteiger partial charge is 0.497 e. The van der Waals surface area contributed by atoms with Crippen LogP contribution in [0.5, 0.6) is 11.5 Å². The number of carbonyl (C=O) groups is 1. The third-order valence-electron chi connectivity index (χ3n) is 2.63. The summed E-state index contributed by atoms with van der Waals surface area (Å²) >= 11 is 0. The van der Waals surface area contributed by atoms with Crippen LogP contribution in [0.15, 0.2) is 18.2 Å². The summed E-state index contributed by atoms with van der Waals surface area (Å²) in [5.74, 6) is 1.17. The van der Waals surface area contributed by atoms with Crippen LogP contribution >= 0.6 is 0 Å². The molecule has 0 heterocycles. The molecule has 1 N–H and O–H groups in total. The topological polar surface area (TPSA) is 56.8 Å². The Labute approximate surface area is 113 Å². The molecule has 0 saturated heterocycles. The van der Waals surface area contributed by atoms with E-state index < -0.39 is 0 Å². The summed E-state index contributed by atoms with van der Waals surface area (Å²) in [6, 6.07) is 5.67. The first-order valence-corrected chi connectivity index (χ1v) is 6.28. The lowest BCUT2D eigenvalue weighted by Crippen LogP contribution is -2.14. The molecule has 0 saturated carbocycles. The zero-order valence-electron chi connectivity index (χ0n) is 11.7. The summed E-state index contributed by atoms with van der Waals surface area (Å²) in [7, 11) is 2.97. The van der Waals surface area contributed by atoms with Crippen LogP contribution < -0.4 is 14.8 Å². The maximum absolute atomic E-state index is 11.0. The average molecular weight is 267 g/mol. The molecular weight excluding hydrogens is 246 g/mol. The summed E-state index contributed by atoms with van der Waals surface area (Å²) in [6.07, 6.45) is 0.231. The molecule has 0 spiro atoms. The zero-order valence-corrected chi connectivity index (χ0v) is 11.7. The third-order valence-corrected chi connectivity index (χ3v) is 2.63. The predicted molar refractivity (Wildman–Crippen MR) is 72.5 cm³/mol. The van der Waals surface area contributed by atoms with Crippen LogP contribution in [0.4, 0.5) is 0 Å². The van der Waals surface area contributed by atoms with Crippen LogP contribution in [0.3, 0.4) is 0 Å². The lowest BCUT2D eigenvalue weighted by Gasteiger charge is -2.13. The maximum atomic E-state index is 11.0. The highest BCUT2D eigenvalue weighted by Crippen LogP contribution is 2.25. The normalized spacial score (nSPS) is 10.1. The van der Waals surface area contributed by atoms with E-state index >= 15 is 0 Å². The molecule has 106 valence electrons. The van der Waals surface area contributed by atoms with Gasteiger partial charge in [0.25, 0.3) is 0 Å². The molecule has 0 atom stereocenters. The first-order valence-electron chi connectivity index (χ1n) is 6.28. The first kappa shape index (κ1) is 15.3. The molecular formula is C14H21NO4. The van der Waals surface area contributed by atoms with Crippen molar-refractivity contribution in [1.29, 1.82) is 0 Å². The molecule has 1 aromatic carbocycles. The van der Waals surface area contributed by atoms with Crippen molar-refractivity contribution in [2.75, 3.05) is 27.4 Å². The highest BCUT2D eigenvalue weighted by molar-refractivity contribution is 5.69. The molecule has 0 fully saturated rings. The number of benzene rings is 1. The van der Waals surface area contributed by atoms with Gasteiger partial charge in [-0.3, -0.25) is 4.79 Å². The van der Waals surface area contributed by atoms with Gasteiger partial charge in [-0.1, -0.05) is 13.0 Å². The Morgan fingerprint density at radius 3 is 2.74 bits per heavy atom. The Morgan fingerprint density at radius 1 is 1.32 bits per heavy atom.